The molecule has 0 aromatic carbocycles. The van der Waals surface area contributed by atoms with E-state index in [1.807, 2.05) is 22.4 Å². The minimum atomic E-state index is 0.166. The van der Waals surface area contributed by atoms with E-state index >= 15 is 0 Å². The van der Waals surface area contributed by atoms with Crippen molar-refractivity contribution in [2.75, 3.05) is 13.1 Å². The highest BCUT2D eigenvalue weighted by Gasteiger charge is 2.15. The summed E-state index contributed by atoms with van der Waals surface area (Å²) in [5.41, 5.74) is 5.53. The van der Waals surface area contributed by atoms with Crippen LogP contribution in [0, 0.1) is 5.92 Å². The van der Waals surface area contributed by atoms with Crippen molar-refractivity contribution < 1.29 is 4.79 Å². The van der Waals surface area contributed by atoms with E-state index in [2.05, 4.69) is 13.8 Å². The first-order chi connectivity index (χ1) is 8.99. The number of rotatable bonds is 8. The number of nitrogens with zero attached hydrogens (tertiary/aromatic N) is 1. The van der Waals surface area contributed by atoms with Gasteiger partial charge in [0.05, 0.1) is 11.4 Å². The number of hydrogen-bond donors (Lipinski definition) is 1. The van der Waals surface area contributed by atoms with Gasteiger partial charge in [-0.2, -0.15) is 0 Å². The summed E-state index contributed by atoms with van der Waals surface area (Å²) in [6.45, 7) is 5.74. The molecule has 0 saturated heterocycles. The predicted octanol–water partition coefficient (Wildman–Crippen LogP) is 2.84. The molecule has 2 N–H and O–H groups in total. The lowest BCUT2D eigenvalue weighted by Crippen LogP contribution is -2.36. The van der Waals surface area contributed by atoms with E-state index in [1.54, 1.807) is 11.3 Å². The number of amides is 1. The summed E-state index contributed by atoms with van der Waals surface area (Å²) < 4.78 is 0. The van der Waals surface area contributed by atoms with Crippen molar-refractivity contribution in [1.29, 1.82) is 0 Å². The van der Waals surface area contributed by atoms with Gasteiger partial charge in [0.15, 0.2) is 0 Å². The second kappa shape index (κ2) is 8.27. The highest BCUT2D eigenvalue weighted by molar-refractivity contribution is 7.80. The van der Waals surface area contributed by atoms with Gasteiger partial charge in [-0.1, -0.05) is 32.1 Å². The second-order valence-corrected chi connectivity index (χ2v) is 6.59. The van der Waals surface area contributed by atoms with Crippen molar-refractivity contribution in [3.8, 4) is 0 Å². The van der Waals surface area contributed by atoms with Gasteiger partial charge in [-0.25, -0.2) is 0 Å². The van der Waals surface area contributed by atoms with Crippen LogP contribution in [0.4, 0.5) is 0 Å². The van der Waals surface area contributed by atoms with Crippen LogP contribution in [0.2, 0.25) is 0 Å². The van der Waals surface area contributed by atoms with Crippen molar-refractivity contribution in [3.05, 3.63) is 22.4 Å². The molecule has 0 saturated carbocycles. The van der Waals surface area contributed by atoms with Crippen LogP contribution in [0.1, 0.15) is 31.6 Å². The lowest BCUT2D eigenvalue weighted by molar-refractivity contribution is -0.130. The monoisotopic (exact) mass is 298 g/mol. The molecule has 3 nitrogen and oxygen atoms in total. The SMILES string of the molecule is CC(C)CCN(CCC(N)=S)C(=O)Cc1cccs1. The molecule has 0 fully saturated rings. The zero-order valence-corrected chi connectivity index (χ0v) is 13.2. The average molecular weight is 298 g/mol. The summed E-state index contributed by atoms with van der Waals surface area (Å²) in [6, 6.07) is 3.97. The Morgan fingerprint density at radius 1 is 1.47 bits per heavy atom. The molecule has 0 bridgehead atoms. The van der Waals surface area contributed by atoms with Crippen LogP contribution in [0.25, 0.3) is 0 Å². The summed E-state index contributed by atoms with van der Waals surface area (Å²) in [6.07, 6.45) is 2.09. The van der Waals surface area contributed by atoms with E-state index in [0.717, 1.165) is 17.8 Å². The number of thiocarbonyl (C=S) groups is 1. The topological polar surface area (TPSA) is 46.3 Å². The fourth-order valence-corrected chi connectivity index (χ4v) is 2.48. The Morgan fingerprint density at radius 3 is 2.74 bits per heavy atom. The van der Waals surface area contributed by atoms with Gasteiger partial charge in [0.2, 0.25) is 5.91 Å². The molecule has 0 radical (unpaired) electrons. The molecular weight excluding hydrogens is 276 g/mol. The molecule has 0 aliphatic carbocycles. The fraction of sp³-hybridized carbons (Fsp3) is 0.571. The lowest BCUT2D eigenvalue weighted by atomic mass is 10.1. The van der Waals surface area contributed by atoms with Gasteiger partial charge in [0.1, 0.15) is 0 Å². The Balaban J connectivity index is 2.54. The Morgan fingerprint density at radius 2 is 2.21 bits per heavy atom. The van der Waals surface area contributed by atoms with Gasteiger partial charge in [0.25, 0.3) is 0 Å². The third kappa shape index (κ3) is 6.68. The van der Waals surface area contributed by atoms with Crippen molar-refractivity contribution in [2.24, 2.45) is 11.7 Å². The molecule has 5 heteroatoms. The van der Waals surface area contributed by atoms with Gasteiger partial charge in [-0.05, 0) is 23.8 Å². The minimum Gasteiger partial charge on any atom is -0.393 e. The maximum atomic E-state index is 12.3. The fourth-order valence-electron chi connectivity index (χ4n) is 1.69. The van der Waals surface area contributed by atoms with Gasteiger partial charge in [-0.3, -0.25) is 4.79 Å². The third-order valence-electron chi connectivity index (χ3n) is 2.86. The maximum absolute atomic E-state index is 12.3. The molecule has 1 heterocycles. The molecule has 0 atom stereocenters. The molecule has 0 aliphatic heterocycles. The van der Waals surface area contributed by atoms with Crippen LogP contribution in [-0.2, 0) is 11.2 Å². The molecule has 0 aliphatic rings. The zero-order chi connectivity index (χ0) is 14.3. The number of thiophene rings is 1. The summed E-state index contributed by atoms with van der Waals surface area (Å²) in [5, 5.41) is 2.00. The number of carbonyl (C=O) groups is 1. The van der Waals surface area contributed by atoms with Crippen LogP contribution < -0.4 is 5.73 Å². The van der Waals surface area contributed by atoms with Crippen LogP contribution in [-0.4, -0.2) is 28.9 Å². The Kier molecular flexibility index (Phi) is 7.02. The number of carbonyl (C=O) groups excluding carboxylic acids is 1. The van der Waals surface area contributed by atoms with E-state index in [-0.39, 0.29) is 5.91 Å². The minimum absolute atomic E-state index is 0.166. The van der Waals surface area contributed by atoms with E-state index in [1.165, 1.54) is 0 Å². The van der Waals surface area contributed by atoms with E-state index in [9.17, 15) is 4.79 Å². The number of nitrogens with two attached hydrogens (primary N) is 1. The number of hydrogen-bond acceptors (Lipinski definition) is 3. The van der Waals surface area contributed by atoms with Crippen molar-refractivity contribution in [1.82, 2.24) is 4.90 Å². The smallest absolute Gasteiger partial charge is 0.227 e. The van der Waals surface area contributed by atoms with Crippen molar-refractivity contribution in [2.45, 2.75) is 33.1 Å². The molecular formula is C14H22N2OS2. The van der Waals surface area contributed by atoms with Gasteiger partial charge < -0.3 is 10.6 Å². The van der Waals surface area contributed by atoms with Gasteiger partial charge in [0, 0.05) is 24.4 Å². The molecule has 1 rings (SSSR count). The third-order valence-corrected chi connectivity index (χ3v) is 3.94. The summed E-state index contributed by atoms with van der Waals surface area (Å²) in [5.74, 6) is 0.751. The van der Waals surface area contributed by atoms with Crippen LogP contribution in [0.5, 0.6) is 0 Å². The van der Waals surface area contributed by atoms with Crippen LogP contribution in [0.15, 0.2) is 17.5 Å². The molecule has 106 valence electrons. The molecule has 1 aromatic rings. The Hall–Kier alpha value is -0.940. The van der Waals surface area contributed by atoms with Gasteiger partial charge >= 0.3 is 0 Å². The van der Waals surface area contributed by atoms with E-state index in [0.29, 0.717) is 30.3 Å². The first-order valence-electron chi connectivity index (χ1n) is 6.57. The summed E-state index contributed by atoms with van der Waals surface area (Å²) in [4.78, 5) is 15.7. The summed E-state index contributed by atoms with van der Waals surface area (Å²) >= 11 is 6.51. The largest absolute Gasteiger partial charge is 0.393 e. The lowest BCUT2D eigenvalue weighted by Gasteiger charge is -2.23. The highest BCUT2D eigenvalue weighted by Crippen LogP contribution is 2.12. The van der Waals surface area contributed by atoms with Crippen LogP contribution in [0.3, 0.4) is 0 Å². The van der Waals surface area contributed by atoms with Crippen molar-refractivity contribution in [3.63, 3.8) is 0 Å². The van der Waals surface area contributed by atoms with E-state index in [4.69, 9.17) is 18.0 Å². The van der Waals surface area contributed by atoms with E-state index < -0.39 is 0 Å². The molecule has 1 aromatic heterocycles. The predicted molar refractivity (Wildman–Crippen MR) is 85.5 cm³/mol. The normalized spacial score (nSPS) is 10.7. The quantitative estimate of drug-likeness (QED) is 0.751. The van der Waals surface area contributed by atoms with Gasteiger partial charge in [-0.15, -0.1) is 11.3 Å². The highest BCUT2D eigenvalue weighted by atomic mass is 32.1. The first-order valence-corrected chi connectivity index (χ1v) is 7.86. The molecule has 19 heavy (non-hydrogen) atoms. The second-order valence-electron chi connectivity index (χ2n) is 5.04. The standard InChI is InChI=1S/C14H22N2OS2/c1-11(2)5-7-16(8-6-13(15)18)14(17)10-12-4-3-9-19-12/h3-4,9,11H,5-8,10H2,1-2H3,(H2,15,18). The van der Waals surface area contributed by atoms with Crippen molar-refractivity contribution >= 4 is 34.5 Å². The summed E-state index contributed by atoms with van der Waals surface area (Å²) in [7, 11) is 0. The molecule has 1 amide bonds. The average Bonchev–Trinajstić information content (AvgIpc) is 2.80. The van der Waals surface area contributed by atoms with Crippen LogP contribution >= 0.6 is 23.6 Å². The zero-order valence-electron chi connectivity index (χ0n) is 11.6. The Bertz CT molecular complexity index is 402. The Labute approximate surface area is 124 Å². The first kappa shape index (κ1) is 16.1. The molecule has 0 spiro atoms. The molecule has 0 unspecified atom stereocenters. The maximum Gasteiger partial charge on any atom is 0.227 e.